The fourth-order valence-corrected chi connectivity index (χ4v) is 4.54. The molecule has 0 bridgehead atoms. The maximum atomic E-state index is 11.2. The zero-order valence-corrected chi connectivity index (χ0v) is 15.4. The molecule has 0 N–H and O–H groups in total. The van der Waals surface area contributed by atoms with Crippen LogP contribution in [0.25, 0.3) is 0 Å². The Labute approximate surface area is 140 Å². The first-order valence-electron chi connectivity index (χ1n) is 5.99. The van der Waals surface area contributed by atoms with Crippen molar-refractivity contribution in [2.75, 3.05) is 0 Å². The van der Waals surface area contributed by atoms with Crippen LogP contribution in [0.2, 0.25) is 6.04 Å². The second-order valence-electron chi connectivity index (χ2n) is 4.32. The average molecular weight is 392 g/mol. The standard InChI is InChI=1S/C12H14Cl4O2SSi/c13-12(10-5-2-1-3-6-10)9-11(19(17)18)7-4-8-20(14,15)16/h1-3,5-6,12H,4,7-9H2. The molecule has 0 radical (unpaired) electrons. The molecule has 1 unspecified atom stereocenters. The Balaban J connectivity index is 2.64. The Bertz CT molecular complexity index is 547. The molecule has 0 amide bonds. The minimum Gasteiger partial charge on any atom is -0.185 e. The van der Waals surface area contributed by atoms with Crippen LogP contribution in [0, 0.1) is 0 Å². The third kappa shape index (κ3) is 7.34. The van der Waals surface area contributed by atoms with Gasteiger partial charge in [-0.05, 0) is 24.4 Å². The van der Waals surface area contributed by atoms with Gasteiger partial charge in [0.25, 0.3) is 0 Å². The molecule has 1 aromatic rings. The quantitative estimate of drug-likeness (QED) is 0.288. The molecule has 1 atom stereocenters. The van der Waals surface area contributed by atoms with E-state index < -0.39 is 16.3 Å². The maximum Gasteiger partial charge on any atom is 0.341 e. The monoisotopic (exact) mass is 390 g/mol. The van der Waals surface area contributed by atoms with Crippen LogP contribution in [0.5, 0.6) is 0 Å². The van der Waals surface area contributed by atoms with Gasteiger partial charge in [-0.3, -0.25) is 0 Å². The molecular formula is C12H14Cl4O2SSi. The summed E-state index contributed by atoms with van der Waals surface area (Å²) in [6.07, 6.45) is 1.21. The molecule has 0 aliphatic rings. The highest BCUT2D eigenvalue weighted by molar-refractivity contribution is 7.73. The third-order valence-electron chi connectivity index (χ3n) is 2.72. The molecular weight excluding hydrogens is 378 g/mol. The number of rotatable bonds is 7. The minimum absolute atomic E-state index is 0.281. The predicted octanol–water partition coefficient (Wildman–Crippen LogP) is 4.84. The van der Waals surface area contributed by atoms with Crippen molar-refractivity contribution in [3.05, 3.63) is 35.9 Å². The van der Waals surface area contributed by atoms with Crippen molar-refractivity contribution in [1.82, 2.24) is 0 Å². The summed E-state index contributed by atoms with van der Waals surface area (Å²) in [4.78, 5) is 0.372. The second kappa shape index (κ2) is 8.66. The van der Waals surface area contributed by atoms with Gasteiger partial charge >= 0.3 is 6.00 Å². The molecule has 0 fully saturated rings. The van der Waals surface area contributed by atoms with Gasteiger partial charge in [0.15, 0.2) is 0 Å². The molecule has 0 spiro atoms. The molecule has 20 heavy (non-hydrogen) atoms. The summed E-state index contributed by atoms with van der Waals surface area (Å²) in [5.74, 6) is 0. The fraction of sp³-hybridized carbons (Fsp3) is 0.417. The van der Waals surface area contributed by atoms with E-state index in [9.17, 15) is 8.42 Å². The molecule has 1 rings (SSSR count). The smallest absolute Gasteiger partial charge is 0.185 e. The first-order valence-corrected chi connectivity index (χ1v) is 12.7. The summed E-state index contributed by atoms with van der Waals surface area (Å²) >= 11 is 23.6. The number of hydrogen-bond donors (Lipinski definition) is 0. The van der Waals surface area contributed by atoms with Gasteiger partial charge < -0.3 is 0 Å². The van der Waals surface area contributed by atoms with Crippen molar-refractivity contribution in [2.24, 2.45) is 0 Å². The van der Waals surface area contributed by atoms with Crippen molar-refractivity contribution >= 4 is 66.0 Å². The van der Waals surface area contributed by atoms with E-state index in [1.165, 1.54) is 0 Å². The van der Waals surface area contributed by atoms with Crippen LogP contribution in [0.3, 0.4) is 0 Å². The van der Waals surface area contributed by atoms with Crippen LogP contribution in [-0.4, -0.2) is 19.3 Å². The molecule has 2 nitrogen and oxygen atoms in total. The highest BCUT2D eigenvalue weighted by atomic mass is 35.8. The van der Waals surface area contributed by atoms with Crippen LogP contribution in [0.1, 0.15) is 30.2 Å². The Morgan fingerprint density at radius 2 is 1.75 bits per heavy atom. The molecule has 0 aliphatic carbocycles. The fourth-order valence-electron chi connectivity index (χ4n) is 1.72. The number of benzene rings is 1. The number of alkyl halides is 1. The van der Waals surface area contributed by atoms with Gasteiger partial charge in [0.05, 0.1) is 10.2 Å². The van der Waals surface area contributed by atoms with Gasteiger partial charge in [0, 0.05) is 6.42 Å². The van der Waals surface area contributed by atoms with E-state index in [2.05, 4.69) is 0 Å². The van der Waals surface area contributed by atoms with Crippen molar-refractivity contribution in [1.29, 1.82) is 0 Å². The molecule has 0 saturated carbocycles. The van der Waals surface area contributed by atoms with Crippen LogP contribution >= 0.6 is 44.8 Å². The van der Waals surface area contributed by atoms with Gasteiger partial charge in [0.1, 0.15) is 0 Å². The second-order valence-corrected chi connectivity index (χ2v) is 15.2. The zero-order chi connectivity index (χ0) is 15.2. The first-order chi connectivity index (χ1) is 9.29. The van der Waals surface area contributed by atoms with E-state index in [4.69, 9.17) is 44.8 Å². The minimum atomic E-state index is -2.69. The normalized spacial score (nSPS) is 13.0. The van der Waals surface area contributed by atoms with Crippen molar-refractivity contribution < 1.29 is 8.42 Å². The van der Waals surface area contributed by atoms with E-state index in [0.717, 1.165) is 5.56 Å². The Kier molecular flexibility index (Phi) is 7.94. The lowest BCUT2D eigenvalue weighted by Crippen LogP contribution is -2.11. The number of hydrogen-bond acceptors (Lipinski definition) is 2. The van der Waals surface area contributed by atoms with E-state index in [1.807, 2.05) is 30.3 Å². The third-order valence-corrected chi connectivity index (χ3v) is 6.59. The van der Waals surface area contributed by atoms with Crippen LogP contribution < -0.4 is 0 Å². The van der Waals surface area contributed by atoms with E-state index in [1.54, 1.807) is 0 Å². The Morgan fingerprint density at radius 3 is 2.25 bits per heavy atom. The number of halogens is 4. The maximum absolute atomic E-state index is 11.2. The van der Waals surface area contributed by atoms with Crippen LogP contribution in [0.15, 0.2) is 30.3 Å². The van der Waals surface area contributed by atoms with Gasteiger partial charge in [0.2, 0.25) is 10.3 Å². The summed E-state index contributed by atoms with van der Waals surface area (Å²) in [6.45, 7) is 0. The topological polar surface area (TPSA) is 34.1 Å². The van der Waals surface area contributed by atoms with E-state index >= 15 is 0 Å². The van der Waals surface area contributed by atoms with E-state index in [0.29, 0.717) is 23.8 Å². The summed E-state index contributed by atoms with van der Waals surface area (Å²) < 4.78 is 22.5. The zero-order valence-electron chi connectivity index (χ0n) is 10.5. The lowest BCUT2D eigenvalue weighted by atomic mass is 10.1. The Morgan fingerprint density at radius 1 is 1.15 bits per heavy atom. The van der Waals surface area contributed by atoms with Crippen molar-refractivity contribution in [3.63, 3.8) is 0 Å². The highest BCUT2D eigenvalue weighted by Gasteiger charge is 2.24. The van der Waals surface area contributed by atoms with Gasteiger partial charge in [-0.2, -0.15) is 8.42 Å². The summed E-state index contributed by atoms with van der Waals surface area (Å²) in [5.41, 5.74) is 0.896. The van der Waals surface area contributed by atoms with Gasteiger partial charge in [-0.1, -0.05) is 30.3 Å². The molecule has 0 saturated heterocycles. The summed E-state index contributed by atoms with van der Waals surface area (Å²) in [6, 6.07) is 7.11. The molecule has 0 heterocycles. The molecule has 0 aliphatic heterocycles. The van der Waals surface area contributed by atoms with Gasteiger partial charge in [-0.25, -0.2) is 0 Å². The predicted molar refractivity (Wildman–Crippen MR) is 90.9 cm³/mol. The molecule has 0 aromatic heterocycles. The Hall–Kier alpha value is 0.287. The lowest BCUT2D eigenvalue weighted by Gasteiger charge is -2.11. The van der Waals surface area contributed by atoms with Gasteiger partial charge in [-0.15, -0.1) is 44.8 Å². The van der Waals surface area contributed by atoms with Crippen LogP contribution in [0.4, 0.5) is 0 Å². The lowest BCUT2D eigenvalue weighted by molar-refractivity contribution is 0.626. The summed E-state index contributed by atoms with van der Waals surface area (Å²) in [7, 11) is -2.26. The van der Waals surface area contributed by atoms with Crippen molar-refractivity contribution in [3.8, 4) is 0 Å². The van der Waals surface area contributed by atoms with E-state index in [-0.39, 0.29) is 11.8 Å². The van der Waals surface area contributed by atoms with Crippen molar-refractivity contribution in [2.45, 2.75) is 30.7 Å². The molecule has 112 valence electrons. The highest BCUT2D eigenvalue weighted by Crippen LogP contribution is 2.29. The largest absolute Gasteiger partial charge is 0.341 e. The summed E-state index contributed by atoms with van der Waals surface area (Å²) in [5, 5.41) is -0.367. The first kappa shape index (κ1) is 18.3. The molecule has 8 heteroatoms. The molecule has 1 aromatic carbocycles. The van der Waals surface area contributed by atoms with Crippen LogP contribution in [-0.2, 0) is 10.3 Å². The average Bonchev–Trinajstić information content (AvgIpc) is 2.37. The SMILES string of the molecule is O=S(=O)=C(CCC[Si](Cl)(Cl)Cl)CC(Cl)c1ccccc1.